The van der Waals surface area contributed by atoms with Crippen LogP contribution in [-0.4, -0.2) is 23.8 Å². The van der Waals surface area contributed by atoms with Crippen LogP contribution in [0.4, 0.5) is 5.69 Å². The van der Waals surface area contributed by atoms with E-state index in [-0.39, 0.29) is 10.7 Å². The van der Waals surface area contributed by atoms with Crippen LogP contribution in [0.2, 0.25) is 0 Å². The van der Waals surface area contributed by atoms with Crippen LogP contribution >= 0.6 is 0 Å². The first kappa shape index (κ1) is 21.8. The summed E-state index contributed by atoms with van der Waals surface area (Å²) >= 11 is 0. The Bertz CT molecular complexity index is 1360. The molecule has 0 aliphatic rings. The molecule has 4 aromatic rings. The lowest BCUT2D eigenvalue weighted by atomic mass is 10.1. The fourth-order valence-corrected chi connectivity index (χ4v) is 4.81. The number of hydrogen-bond donors (Lipinski definition) is 1. The van der Waals surface area contributed by atoms with Gasteiger partial charge in [0, 0.05) is 24.2 Å². The summed E-state index contributed by atoms with van der Waals surface area (Å²) in [6, 6.07) is 21.4. The number of para-hydroxylation sites is 2. The Labute approximate surface area is 188 Å². The third-order valence-corrected chi connectivity index (χ3v) is 6.86. The van der Waals surface area contributed by atoms with Gasteiger partial charge < -0.3 is 4.57 Å². The molecule has 32 heavy (non-hydrogen) atoms. The predicted molar refractivity (Wildman–Crippen MR) is 127 cm³/mol. The van der Waals surface area contributed by atoms with Crippen molar-refractivity contribution in [1.82, 2.24) is 9.55 Å². The van der Waals surface area contributed by atoms with Gasteiger partial charge in [0.1, 0.15) is 5.82 Å². The van der Waals surface area contributed by atoms with E-state index in [2.05, 4.69) is 22.3 Å². The highest BCUT2D eigenvalue weighted by atomic mass is 32.2. The maximum atomic E-state index is 12.6. The van der Waals surface area contributed by atoms with Gasteiger partial charge in [0.15, 0.2) is 5.78 Å². The third kappa shape index (κ3) is 4.57. The van der Waals surface area contributed by atoms with Gasteiger partial charge in [-0.3, -0.25) is 9.52 Å². The number of aromatic nitrogens is 2. The summed E-state index contributed by atoms with van der Waals surface area (Å²) in [5.74, 6) is 0.944. The van der Waals surface area contributed by atoms with E-state index in [1.165, 1.54) is 31.2 Å². The number of nitrogens with zero attached hydrogens (tertiary/aromatic N) is 2. The van der Waals surface area contributed by atoms with E-state index in [0.29, 0.717) is 11.3 Å². The van der Waals surface area contributed by atoms with Crippen molar-refractivity contribution in [1.29, 1.82) is 0 Å². The summed E-state index contributed by atoms with van der Waals surface area (Å²) in [6.45, 7) is 4.43. The van der Waals surface area contributed by atoms with Gasteiger partial charge in [-0.2, -0.15) is 0 Å². The lowest BCUT2D eigenvalue weighted by Gasteiger charge is -2.10. The molecule has 0 saturated carbocycles. The summed E-state index contributed by atoms with van der Waals surface area (Å²) in [5, 5.41) is 0. The van der Waals surface area contributed by atoms with E-state index < -0.39 is 10.0 Å². The second-order valence-electron chi connectivity index (χ2n) is 7.64. The number of fused-ring (bicyclic) bond motifs is 1. The van der Waals surface area contributed by atoms with Gasteiger partial charge in [-0.15, -0.1) is 0 Å². The van der Waals surface area contributed by atoms with Gasteiger partial charge in [0.05, 0.1) is 15.9 Å². The highest BCUT2D eigenvalue weighted by Crippen LogP contribution is 2.20. The highest BCUT2D eigenvalue weighted by molar-refractivity contribution is 7.92. The molecule has 1 aromatic heterocycles. The zero-order valence-electron chi connectivity index (χ0n) is 18.1. The molecule has 0 aliphatic carbocycles. The number of benzene rings is 3. The normalized spacial score (nSPS) is 11.6. The second-order valence-corrected chi connectivity index (χ2v) is 9.33. The Morgan fingerprint density at radius 3 is 2.28 bits per heavy atom. The average molecular weight is 448 g/mol. The molecule has 3 aromatic carbocycles. The molecule has 0 radical (unpaired) electrons. The minimum absolute atomic E-state index is 0.105. The van der Waals surface area contributed by atoms with Crippen molar-refractivity contribution in [3.05, 3.63) is 89.7 Å². The van der Waals surface area contributed by atoms with Gasteiger partial charge in [0.25, 0.3) is 10.0 Å². The van der Waals surface area contributed by atoms with Gasteiger partial charge >= 0.3 is 0 Å². The number of hydrogen-bond acceptors (Lipinski definition) is 4. The smallest absolute Gasteiger partial charge is 0.261 e. The highest BCUT2D eigenvalue weighted by Gasteiger charge is 2.15. The minimum Gasteiger partial charge on any atom is -0.328 e. The topological polar surface area (TPSA) is 81.1 Å². The molecule has 0 spiro atoms. The number of aryl methyl sites for hydroxylation is 3. The van der Waals surface area contributed by atoms with Gasteiger partial charge in [-0.05, 0) is 62.2 Å². The summed E-state index contributed by atoms with van der Waals surface area (Å²) in [6.07, 6.45) is 1.61. The first-order valence-electron chi connectivity index (χ1n) is 10.5. The van der Waals surface area contributed by atoms with Gasteiger partial charge in [-0.1, -0.05) is 36.4 Å². The van der Waals surface area contributed by atoms with Crippen molar-refractivity contribution in [2.75, 3.05) is 4.72 Å². The number of anilines is 1. The first-order chi connectivity index (χ1) is 15.4. The van der Waals surface area contributed by atoms with Crippen LogP contribution in [0.15, 0.2) is 77.7 Å². The molecule has 0 saturated heterocycles. The molecule has 7 heteroatoms. The number of carbonyl (C=O) groups is 1. The van der Waals surface area contributed by atoms with Crippen molar-refractivity contribution in [3.63, 3.8) is 0 Å². The van der Waals surface area contributed by atoms with Gasteiger partial charge in [-0.25, -0.2) is 13.4 Å². The zero-order chi connectivity index (χ0) is 22.7. The Kier molecular flexibility index (Phi) is 6.10. The number of ketones is 1. The van der Waals surface area contributed by atoms with E-state index in [1.807, 2.05) is 30.3 Å². The van der Waals surface area contributed by atoms with E-state index in [1.54, 1.807) is 12.1 Å². The van der Waals surface area contributed by atoms with Crippen LogP contribution in [0.1, 0.15) is 35.6 Å². The fraction of sp³-hybridized carbons (Fsp3) is 0.200. The number of sulfonamides is 1. The Hall–Kier alpha value is -3.45. The predicted octanol–water partition coefficient (Wildman–Crippen LogP) is 4.84. The molecule has 0 amide bonds. The summed E-state index contributed by atoms with van der Waals surface area (Å²) in [5.41, 5.74) is 4.22. The monoisotopic (exact) mass is 447 g/mol. The lowest BCUT2D eigenvalue weighted by molar-refractivity contribution is 0.101. The maximum absolute atomic E-state index is 12.6. The van der Waals surface area contributed by atoms with Crippen LogP contribution in [0.25, 0.3) is 11.0 Å². The molecule has 0 aliphatic heterocycles. The number of nitrogens with one attached hydrogen (secondary N) is 1. The first-order valence-corrected chi connectivity index (χ1v) is 12.0. The Morgan fingerprint density at radius 2 is 1.62 bits per heavy atom. The molecule has 0 bridgehead atoms. The van der Waals surface area contributed by atoms with E-state index >= 15 is 0 Å². The molecule has 1 N–H and O–H groups in total. The molecule has 4 rings (SSSR count). The second kappa shape index (κ2) is 8.96. The van der Waals surface area contributed by atoms with Crippen LogP contribution in [0.5, 0.6) is 0 Å². The largest absolute Gasteiger partial charge is 0.328 e. The number of rotatable bonds is 8. The molecular weight excluding hydrogens is 422 g/mol. The van der Waals surface area contributed by atoms with Crippen LogP contribution < -0.4 is 4.72 Å². The molecule has 0 unspecified atom stereocenters. The third-order valence-electron chi connectivity index (χ3n) is 5.46. The minimum atomic E-state index is -3.72. The maximum Gasteiger partial charge on any atom is 0.261 e. The standard InChI is InChI=1S/C25H25N3O3S/c1-3-28-24-7-5-4-6-23(24)26-25(28)17-10-19-8-13-21(14-9-19)27-32(30,31)22-15-11-20(12-16-22)18(2)29/h4-9,11-16,27H,3,10,17H2,1-2H3. The zero-order valence-corrected chi connectivity index (χ0v) is 18.9. The van der Waals surface area contributed by atoms with E-state index in [9.17, 15) is 13.2 Å². The number of carbonyl (C=O) groups excluding carboxylic acids is 1. The van der Waals surface area contributed by atoms with Crippen molar-refractivity contribution in [2.45, 2.75) is 38.1 Å². The lowest BCUT2D eigenvalue weighted by Crippen LogP contribution is -2.13. The number of Topliss-reactive ketones (excluding diaryl/α,β-unsaturated/α-hetero) is 1. The molecular formula is C25H25N3O3S. The molecule has 0 atom stereocenters. The van der Waals surface area contributed by atoms with Gasteiger partial charge in [0.2, 0.25) is 0 Å². The molecule has 6 nitrogen and oxygen atoms in total. The molecule has 0 fully saturated rings. The van der Waals surface area contributed by atoms with Crippen LogP contribution in [0, 0.1) is 0 Å². The van der Waals surface area contributed by atoms with Crippen molar-refractivity contribution in [2.24, 2.45) is 0 Å². The molecule has 1 heterocycles. The van der Waals surface area contributed by atoms with Crippen LogP contribution in [0.3, 0.4) is 0 Å². The summed E-state index contributed by atoms with van der Waals surface area (Å²) in [4.78, 5) is 16.3. The summed E-state index contributed by atoms with van der Waals surface area (Å²) in [7, 11) is -3.72. The van der Waals surface area contributed by atoms with Crippen LogP contribution in [-0.2, 0) is 29.4 Å². The van der Waals surface area contributed by atoms with E-state index in [4.69, 9.17) is 4.98 Å². The fourth-order valence-electron chi connectivity index (χ4n) is 3.75. The van der Waals surface area contributed by atoms with E-state index in [0.717, 1.165) is 41.8 Å². The molecule has 164 valence electrons. The SMILES string of the molecule is CCn1c(CCc2ccc(NS(=O)(=O)c3ccc(C(C)=O)cc3)cc2)nc2ccccc21. The quantitative estimate of drug-likeness (QED) is 0.392. The van der Waals surface area contributed by atoms with Crippen molar-refractivity contribution < 1.29 is 13.2 Å². The van der Waals surface area contributed by atoms with Crippen molar-refractivity contribution >= 4 is 32.5 Å². The Morgan fingerprint density at radius 1 is 0.938 bits per heavy atom. The Balaban J connectivity index is 1.44. The summed E-state index contributed by atoms with van der Waals surface area (Å²) < 4.78 is 30.1. The number of imidazole rings is 1. The average Bonchev–Trinajstić information content (AvgIpc) is 3.16. The van der Waals surface area contributed by atoms with Crippen molar-refractivity contribution in [3.8, 4) is 0 Å².